The van der Waals surface area contributed by atoms with Crippen LogP contribution in [0.1, 0.15) is 380 Å². The lowest BCUT2D eigenvalue weighted by atomic mass is 10.0. The van der Waals surface area contributed by atoms with Crippen molar-refractivity contribution in [3.8, 4) is 0 Å². The van der Waals surface area contributed by atoms with E-state index in [1.54, 1.807) is 0 Å². The number of esters is 3. The first-order valence-corrected chi connectivity index (χ1v) is 34.5. The maximum atomic E-state index is 12.9. The molecule has 0 amide bonds. The minimum absolute atomic E-state index is 0.0675. The van der Waals surface area contributed by atoms with Gasteiger partial charge in [-0.15, -0.1) is 0 Å². The highest BCUT2D eigenvalue weighted by molar-refractivity contribution is 5.71. The molecule has 0 bridgehead atoms. The van der Waals surface area contributed by atoms with E-state index in [1.807, 2.05) is 0 Å². The zero-order chi connectivity index (χ0) is 55.7. The molecule has 1 atom stereocenters. The topological polar surface area (TPSA) is 78.9 Å². The lowest BCUT2D eigenvalue weighted by molar-refractivity contribution is -0.167. The van der Waals surface area contributed by atoms with Crippen LogP contribution in [0.5, 0.6) is 0 Å². The second-order valence-electron chi connectivity index (χ2n) is 23.5. The van der Waals surface area contributed by atoms with Crippen molar-refractivity contribution in [3.05, 3.63) is 36.5 Å². The predicted molar refractivity (Wildman–Crippen MR) is 335 cm³/mol. The Balaban J connectivity index is 4.21. The summed E-state index contributed by atoms with van der Waals surface area (Å²) >= 11 is 0. The fourth-order valence-electron chi connectivity index (χ4n) is 10.5. The molecular weight excluding hydrogens is 949 g/mol. The number of unbranched alkanes of at least 4 members (excludes halogenated alkanes) is 47. The van der Waals surface area contributed by atoms with E-state index < -0.39 is 6.10 Å². The van der Waals surface area contributed by atoms with Crippen molar-refractivity contribution in [3.63, 3.8) is 0 Å². The number of allylic oxidation sites excluding steroid dienone is 6. The number of ether oxygens (including phenoxy) is 3. The van der Waals surface area contributed by atoms with E-state index in [9.17, 15) is 14.4 Å². The van der Waals surface area contributed by atoms with Gasteiger partial charge in [-0.1, -0.05) is 340 Å². The van der Waals surface area contributed by atoms with Crippen LogP contribution in [0.15, 0.2) is 36.5 Å². The minimum Gasteiger partial charge on any atom is -0.462 e. The molecule has 0 heterocycles. The number of hydrogen-bond donors (Lipinski definition) is 0. The maximum absolute atomic E-state index is 12.9. The molecule has 0 fully saturated rings. The van der Waals surface area contributed by atoms with Crippen molar-refractivity contribution in [2.24, 2.45) is 0 Å². The second kappa shape index (κ2) is 66.1. The van der Waals surface area contributed by atoms with Gasteiger partial charge in [-0.25, -0.2) is 0 Å². The van der Waals surface area contributed by atoms with E-state index in [1.165, 1.54) is 270 Å². The third-order valence-electron chi connectivity index (χ3n) is 15.6. The number of carbonyl (C=O) groups excluding carboxylic acids is 3. The maximum Gasteiger partial charge on any atom is 0.306 e. The van der Waals surface area contributed by atoms with Crippen molar-refractivity contribution in [1.82, 2.24) is 0 Å². The van der Waals surface area contributed by atoms with Crippen molar-refractivity contribution >= 4 is 17.9 Å². The Kier molecular flexibility index (Phi) is 64.1. The van der Waals surface area contributed by atoms with Crippen LogP contribution in [0, 0.1) is 0 Å². The SMILES string of the molecule is CCCCCCC/C=C\C/C=C\C/C=C\CCCCCCCCCCCCC(=O)OCC(COC(=O)CCCCCCCCCCCCC)OC(=O)CCCCCCCCCCCCCCCCCCCCCCCCC. The number of carbonyl (C=O) groups is 3. The van der Waals surface area contributed by atoms with Gasteiger partial charge in [0.05, 0.1) is 0 Å². The average molecular weight is 1080 g/mol. The smallest absolute Gasteiger partial charge is 0.306 e. The molecule has 0 aliphatic heterocycles. The summed E-state index contributed by atoms with van der Waals surface area (Å²) in [6.45, 7) is 6.69. The summed E-state index contributed by atoms with van der Waals surface area (Å²) in [5, 5.41) is 0. The van der Waals surface area contributed by atoms with Gasteiger partial charge < -0.3 is 14.2 Å². The Morgan fingerprint density at radius 1 is 0.260 bits per heavy atom. The summed E-state index contributed by atoms with van der Waals surface area (Å²) in [5.74, 6) is -0.844. The first kappa shape index (κ1) is 74.6. The highest BCUT2D eigenvalue weighted by Gasteiger charge is 2.19. The molecule has 77 heavy (non-hydrogen) atoms. The first-order chi connectivity index (χ1) is 38.0. The van der Waals surface area contributed by atoms with Crippen LogP contribution in [0.2, 0.25) is 0 Å². The summed E-state index contributed by atoms with van der Waals surface area (Å²) < 4.78 is 17.0. The minimum atomic E-state index is -0.770. The van der Waals surface area contributed by atoms with E-state index in [0.29, 0.717) is 19.3 Å². The molecule has 0 aromatic carbocycles. The van der Waals surface area contributed by atoms with Gasteiger partial charge in [-0.05, 0) is 57.8 Å². The average Bonchev–Trinajstić information content (AvgIpc) is 3.43. The van der Waals surface area contributed by atoms with Crippen LogP contribution < -0.4 is 0 Å². The highest BCUT2D eigenvalue weighted by Crippen LogP contribution is 2.18. The summed E-state index contributed by atoms with van der Waals surface area (Å²) in [6.07, 6.45) is 81.7. The van der Waals surface area contributed by atoms with Crippen molar-refractivity contribution < 1.29 is 28.6 Å². The molecule has 1 unspecified atom stereocenters. The highest BCUT2D eigenvalue weighted by atomic mass is 16.6. The zero-order valence-corrected chi connectivity index (χ0v) is 52.0. The van der Waals surface area contributed by atoms with Gasteiger partial charge in [0, 0.05) is 19.3 Å². The monoisotopic (exact) mass is 1080 g/mol. The van der Waals surface area contributed by atoms with Crippen molar-refractivity contribution in [1.29, 1.82) is 0 Å². The van der Waals surface area contributed by atoms with Crippen LogP contribution >= 0.6 is 0 Å². The first-order valence-electron chi connectivity index (χ1n) is 34.5. The molecule has 0 saturated carbocycles. The van der Waals surface area contributed by atoms with Crippen LogP contribution in [0.3, 0.4) is 0 Å². The lowest BCUT2D eigenvalue weighted by Crippen LogP contribution is -2.30. The molecule has 0 aromatic rings. The molecule has 0 saturated heterocycles. The molecule has 452 valence electrons. The molecule has 0 aliphatic carbocycles. The largest absolute Gasteiger partial charge is 0.462 e. The Bertz CT molecular complexity index is 1290. The summed E-state index contributed by atoms with van der Waals surface area (Å²) in [6, 6.07) is 0. The third kappa shape index (κ3) is 64.3. The van der Waals surface area contributed by atoms with E-state index in [-0.39, 0.29) is 31.1 Å². The molecule has 6 nitrogen and oxygen atoms in total. The van der Waals surface area contributed by atoms with Gasteiger partial charge in [0.1, 0.15) is 13.2 Å². The van der Waals surface area contributed by atoms with E-state index in [2.05, 4.69) is 57.2 Å². The predicted octanol–water partition coefficient (Wildman–Crippen LogP) is 23.6. The fraction of sp³-hybridized carbons (Fsp3) is 0.873. The number of rotatable bonds is 64. The molecule has 0 rings (SSSR count). The van der Waals surface area contributed by atoms with Crippen LogP contribution in [-0.4, -0.2) is 37.2 Å². The summed E-state index contributed by atoms with van der Waals surface area (Å²) in [4.78, 5) is 38.3. The van der Waals surface area contributed by atoms with E-state index in [0.717, 1.165) is 70.6 Å². The van der Waals surface area contributed by atoms with Crippen molar-refractivity contribution in [2.45, 2.75) is 386 Å². The van der Waals surface area contributed by atoms with Gasteiger partial charge in [0.25, 0.3) is 0 Å². The quantitative estimate of drug-likeness (QED) is 0.0261. The molecule has 0 radical (unpaired) electrons. The van der Waals surface area contributed by atoms with Gasteiger partial charge in [-0.2, -0.15) is 0 Å². The summed E-state index contributed by atoms with van der Waals surface area (Å²) in [5.41, 5.74) is 0. The molecule has 0 N–H and O–H groups in total. The van der Waals surface area contributed by atoms with Crippen LogP contribution in [0.25, 0.3) is 0 Å². The summed E-state index contributed by atoms with van der Waals surface area (Å²) in [7, 11) is 0. The standard InChI is InChI=1S/C71H132O6/c1-4-7-10-13-16-19-22-24-26-28-30-32-34-35-37-38-40-42-44-46-49-52-55-58-61-64-70(73)76-67-68(66-75-69(72)63-60-57-54-51-48-21-18-15-12-9-6-3)77-71(74)65-62-59-56-53-50-47-45-43-41-39-36-33-31-29-27-25-23-20-17-14-11-8-5-2/h22,24,28,30,34-35,68H,4-21,23,25-27,29,31-33,36-67H2,1-3H3/b24-22-,30-28-,35-34-. The third-order valence-corrected chi connectivity index (χ3v) is 15.6. The molecule has 0 aliphatic rings. The Labute approximate surface area is 480 Å². The van der Waals surface area contributed by atoms with Gasteiger partial charge in [0.15, 0.2) is 6.10 Å². The van der Waals surface area contributed by atoms with Crippen LogP contribution in [-0.2, 0) is 28.6 Å². The fourth-order valence-corrected chi connectivity index (χ4v) is 10.5. The van der Waals surface area contributed by atoms with E-state index in [4.69, 9.17) is 14.2 Å². The lowest BCUT2D eigenvalue weighted by Gasteiger charge is -2.18. The Hall–Kier alpha value is -2.37. The molecule has 0 aromatic heterocycles. The van der Waals surface area contributed by atoms with Crippen LogP contribution in [0.4, 0.5) is 0 Å². The molecule has 6 heteroatoms. The van der Waals surface area contributed by atoms with Gasteiger partial charge >= 0.3 is 17.9 Å². The van der Waals surface area contributed by atoms with Gasteiger partial charge in [-0.3, -0.25) is 14.4 Å². The van der Waals surface area contributed by atoms with E-state index >= 15 is 0 Å². The second-order valence-corrected chi connectivity index (χ2v) is 23.5. The normalized spacial score (nSPS) is 12.2. The Morgan fingerprint density at radius 3 is 0.727 bits per heavy atom. The Morgan fingerprint density at radius 2 is 0.468 bits per heavy atom. The molecular formula is C71H132O6. The molecule has 0 spiro atoms. The zero-order valence-electron chi connectivity index (χ0n) is 52.0. The number of hydrogen-bond acceptors (Lipinski definition) is 6. The van der Waals surface area contributed by atoms with Gasteiger partial charge in [0.2, 0.25) is 0 Å². The van der Waals surface area contributed by atoms with Crippen molar-refractivity contribution in [2.75, 3.05) is 13.2 Å².